The summed E-state index contributed by atoms with van der Waals surface area (Å²) in [4.78, 5) is 0. The third-order valence-corrected chi connectivity index (χ3v) is 4.82. The molecular formula is C9H10. The van der Waals surface area contributed by atoms with E-state index >= 15 is 0 Å². The van der Waals surface area contributed by atoms with Crippen LogP contribution < -0.4 is 0 Å². The second kappa shape index (κ2) is 0.624. The molecular weight excluding hydrogens is 108 g/mol. The summed E-state index contributed by atoms with van der Waals surface area (Å²) in [6, 6.07) is 0. The van der Waals surface area contributed by atoms with Gasteiger partial charge in [0.15, 0.2) is 0 Å². The summed E-state index contributed by atoms with van der Waals surface area (Å²) >= 11 is 0. The lowest BCUT2D eigenvalue weighted by Crippen LogP contribution is -2.22. The predicted molar refractivity (Wildman–Crippen MR) is 34.8 cm³/mol. The summed E-state index contributed by atoms with van der Waals surface area (Å²) in [6.07, 6.45) is 5.34. The van der Waals surface area contributed by atoms with Gasteiger partial charge >= 0.3 is 0 Å². The molecule has 0 saturated heterocycles. The lowest BCUT2D eigenvalue weighted by molar-refractivity contribution is 0.243. The van der Waals surface area contributed by atoms with Crippen molar-refractivity contribution in [1.82, 2.24) is 0 Å². The maximum Gasteiger partial charge on any atom is -0.00928 e. The van der Waals surface area contributed by atoms with Crippen molar-refractivity contribution in [3.05, 3.63) is 12.7 Å². The molecule has 0 aromatic rings. The fourth-order valence-corrected chi connectivity index (χ4v) is 4.65. The van der Waals surface area contributed by atoms with Gasteiger partial charge in [-0.2, -0.15) is 0 Å². The van der Waals surface area contributed by atoms with Gasteiger partial charge in [-0.05, 0) is 41.4 Å². The van der Waals surface area contributed by atoms with E-state index in [1.807, 2.05) is 0 Å². The van der Waals surface area contributed by atoms with Crippen LogP contribution in [0.1, 0.15) is 12.8 Å². The average Bonchev–Trinajstić information content (AvgIpc) is 2.69. The van der Waals surface area contributed by atoms with Gasteiger partial charge in [0.05, 0.1) is 0 Å². The molecule has 0 unspecified atom stereocenters. The molecule has 5 rings (SSSR count). The fourth-order valence-electron chi connectivity index (χ4n) is 4.65. The molecule has 5 aliphatic rings. The van der Waals surface area contributed by atoms with Crippen LogP contribution in [-0.4, -0.2) is 0 Å². The van der Waals surface area contributed by atoms with Gasteiger partial charge in [0.1, 0.15) is 0 Å². The van der Waals surface area contributed by atoms with Gasteiger partial charge in [0, 0.05) is 0 Å². The van der Waals surface area contributed by atoms with Crippen molar-refractivity contribution in [3.8, 4) is 0 Å². The molecule has 0 heterocycles. The maximum atomic E-state index is 3.87. The highest BCUT2D eigenvalue weighted by Gasteiger charge is 3.16. The summed E-state index contributed by atoms with van der Waals surface area (Å²) in [6.45, 7) is 3.87. The van der Waals surface area contributed by atoms with Crippen molar-refractivity contribution in [2.45, 2.75) is 12.8 Å². The Morgan fingerprint density at radius 1 is 1.22 bits per heavy atom. The first kappa shape index (κ1) is 3.80. The SMILES string of the molecule is C=CC1C23C4CCC2C143. The van der Waals surface area contributed by atoms with Gasteiger partial charge in [-0.25, -0.2) is 0 Å². The molecule has 0 radical (unpaired) electrons. The Kier molecular flexibility index (Phi) is 0.263. The van der Waals surface area contributed by atoms with Gasteiger partial charge in [-0.3, -0.25) is 0 Å². The van der Waals surface area contributed by atoms with E-state index in [2.05, 4.69) is 12.7 Å². The molecule has 5 saturated carbocycles. The van der Waals surface area contributed by atoms with Crippen molar-refractivity contribution in [2.75, 3.05) is 0 Å². The minimum absolute atomic E-state index is 0.939. The van der Waals surface area contributed by atoms with Gasteiger partial charge in [-0.1, -0.05) is 6.08 Å². The molecule has 0 aromatic heterocycles. The average molecular weight is 118 g/mol. The first-order valence-electron chi connectivity index (χ1n) is 4.04. The molecule has 2 spiro atoms. The van der Waals surface area contributed by atoms with Crippen LogP contribution in [0, 0.1) is 28.6 Å². The molecule has 0 N–H and O–H groups in total. The van der Waals surface area contributed by atoms with Gasteiger partial charge in [0.25, 0.3) is 0 Å². The van der Waals surface area contributed by atoms with E-state index in [1.165, 1.54) is 11.8 Å². The van der Waals surface area contributed by atoms with Crippen molar-refractivity contribution >= 4 is 0 Å². The van der Waals surface area contributed by atoms with E-state index in [-0.39, 0.29) is 0 Å². The van der Waals surface area contributed by atoms with Crippen molar-refractivity contribution < 1.29 is 0 Å². The second-order valence-electron chi connectivity index (χ2n) is 4.26. The first-order chi connectivity index (χ1) is 4.41. The predicted octanol–water partition coefficient (Wildman–Crippen LogP) is 1.83. The minimum atomic E-state index is 0.939. The monoisotopic (exact) mass is 118 g/mol. The maximum absolute atomic E-state index is 3.87. The fraction of sp³-hybridized carbons (Fsp3) is 0.778. The Morgan fingerprint density at radius 2 is 1.78 bits per heavy atom. The van der Waals surface area contributed by atoms with E-state index in [4.69, 9.17) is 0 Å². The van der Waals surface area contributed by atoms with E-state index < -0.39 is 0 Å². The molecule has 0 aromatic carbocycles. The number of fused-ring (bicyclic) bond motifs is 1. The lowest BCUT2D eigenvalue weighted by atomic mass is 9.78. The summed E-state index contributed by atoms with van der Waals surface area (Å²) in [5.41, 5.74) is 1.88. The standard InChI is InChI=1S/C9H10/c1-2-5-8-6-3-4-7(8)9(5,6)8/h2,5-7H,1,3-4H2. The van der Waals surface area contributed by atoms with E-state index in [9.17, 15) is 0 Å². The summed E-state index contributed by atoms with van der Waals surface area (Å²) in [7, 11) is 0. The van der Waals surface area contributed by atoms with Gasteiger partial charge in [-0.15, -0.1) is 6.58 Å². The van der Waals surface area contributed by atoms with Crippen LogP contribution in [0.3, 0.4) is 0 Å². The van der Waals surface area contributed by atoms with Gasteiger partial charge in [0.2, 0.25) is 0 Å². The highest BCUT2D eigenvalue weighted by atomic mass is 15.2. The number of allylic oxidation sites excluding steroid dienone is 1. The normalized spacial score (nSPS) is 85.1. The van der Waals surface area contributed by atoms with Crippen LogP contribution in [0.25, 0.3) is 0 Å². The zero-order valence-electron chi connectivity index (χ0n) is 5.43. The highest BCUT2D eigenvalue weighted by molar-refractivity contribution is 5.64. The van der Waals surface area contributed by atoms with Crippen LogP contribution in [0.2, 0.25) is 0 Å². The summed E-state index contributed by atoms with van der Waals surface area (Å²) in [5, 5.41) is 0. The largest absolute Gasteiger partial charge is 0.103 e. The van der Waals surface area contributed by atoms with Crippen molar-refractivity contribution in [2.24, 2.45) is 28.6 Å². The Balaban J connectivity index is 1.89. The third-order valence-electron chi connectivity index (χ3n) is 4.82. The second-order valence-corrected chi connectivity index (χ2v) is 4.26. The zero-order chi connectivity index (χ0) is 5.85. The van der Waals surface area contributed by atoms with E-state index in [0.717, 1.165) is 16.7 Å². The number of hydrogen-bond acceptors (Lipinski definition) is 0. The summed E-state index contributed by atoms with van der Waals surface area (Å²) < 4.78 is 0. The molecule has 46 valence electrons. The minimum Gasteiger partial charge on any atom is -0.103 e. The molecule has 5 fully saturated rings. The summed E-state index contributed by atoms with van der Waals surface area (Å²) in [5.74, 6) is 3.42. The van der Waals surface area contributed by atoms with Crippen LogP contribution in [-0.2, 0) is 0 Å². The molecule has 9 heavy (non-hydrogen) atoms. The topological polar surface area (TPSA) is 0 Å². The lowest BCUT2D eigenvalue weighted by Gasteiger charge is -2.25. The van der Waals surface area contributed by atoms with E-state index in [1.54, 1.807) is 12.8 Å². The third kappa shape index (κ3) is 0.122. The Bertz CT molecular complexity index is 208. The first-order valence-corrected chi connectivity index (χ1v) is 4.04. The Morgan fingerprint density at radius 3 is 2.22 bits per heavy atom. The molecule has 0 heteroatoms. The Hall–Kier alpha value is -0.260. The smallest absolute Gasteiger partial charge is 0.00928 e. The molecule has 0 aliphatic heterocycles. The van der Waals surface area contributed by atoms with Crippen LogP contribution >= 0.6 is 0 Å². The van der Waals surface area contributed by atoms with Gasteiger partial charge < -0.3 is 0 Å². The zero-order valence-corrected chi connectivity index (χ0v) is 5.43. The quantitative estimate of drug-likeness (QED) is 0.461. The number of rotatable bonds is 1. The molecule has 0 amide bonds. The molecule has 0 atom stereocenters. The number of hydrogen-bond donors (Lipinski definition) is 0. The van der Waals surface area contributed by atoms with Crippen molar-refractivity contribution in [3.63, 3.8) is 0 Å². The molecule has 2 bridgehead atoms. The van der Waals surface area contributed by atoms with Crippen LogP contribution in [0.4, 0.5) is 0 Å². The molecule has 0 nitrogen and oxygen atoms in total. The molecule has 5 aliphatic carbocycles. The van der Waals surface area contributed by atoms with Crippen LogP contribution in [0.5, 0.6) is 0 Å². The Labute approximate surface area is 54.9 Å². The van der Waals surface area contributed by atoms with Crippen LogP contribution in [0.15, 0.2) is 12.7 Å². The van der Waals surface area contributed by atoms with E-state index in [0.29, 0.717) is 0 Å². The highest BCUT2D eigenvalue weighted by Crippen LogP contribution is 3.19. The van der Waals surface area contributed by atoms with Crippen molar-refractivity contribution in [1.29, 1.82) is 0 Å².